The summed E-state index contributed by atoms with van der Waals surface area (Å²) in [7, 11) is 1.88. The third-order valence-corrected chi connectivity index (χ3v) is 4.55. The predicted octanol–water partition coefficient (Wildman–Crippen LogP) is 5.05. The molecule has 0 heterocycles. The number of nitrogens with one attached hydrogen (secondary N) is 1. The molecule has 2 rings (SSSR count). The molecule has 4 heteroatoms. The summed E-state index contributed by atoms with van der Waals surface area (Å²) >= 11 is 9.62. The van der Waals surface area contributed by atoms with E-state index in [4.69, 9.17) is 11.6 Å². The molecule has 0 saturated heterocycles. The average molecular weight is 357 g/mol. The topological polar surface area (TPSA) is 12.0 Å². The fourth-order valence-electron chi connectivity index (χ4n) is 2.21. The normalized spacial score (nSPS) is 12.4. The van der Waals surface area contributed by atoms with Crippen molar-refractivity contribution >= 4 is 27.5 Å². The first-order chi connectivity index (χ1) is 9.52. The van der Waals surface area contributed by atoms with E-state index in [1.807, 2.05) is 38.2 Å². The van der Waals surface area contributed by atoms with Crippen LogP contribution in [-0.4, -0.2) is 7.05 Å². The minimum absolute atomic E-state index is 0.0428. The van der Waals surface area contributed by atoms with Gasteiger partial charge < -0.3 is 5.32 Å². The molecule has 0 fully saturated rings. The van der Waals surface area contributed by atoms with E-state index in [0.29, 0.717) is 10.9 Å². The van der Waals surface area contributed by atoms with Crippen molar-refractivity contribution in [3.05, 3.63) is 68.4 Å². The van der Waals surface area contributed by atoms with Crippen molar-refractivity contribution in [2.75, 3.05) is 7.05 Å². The fourth-order valence-corrected chi connectivity index (χ4v) is 3.00. The number of benzene rings is 2. The first-order valence-corrected chi connectivity index (χ1v) is 7.56. The van der Waals surface area contributed by atoms with Gasteiger partial charge in [-0.05, 0) is 65.1 Å². The molecule has 1 N–H and O–H groups in total. The van der Waals surface area contributed by atoms with Gasteiger partial charge in [0.15, 0.2) is 0 Å². The minimum Gasteiger partial charge on any atom is -0.313 e. The smallest absolute Gasteiger partial charge is 0.137 e. The molecule has 0 spiro atoms. The summed E-state index contributed by atoms with van der Waals surface area (Å²) in [6, 6.07) is 11.1. The highest BCUT2D eigenvalue weighted by molar-refractivity contribution is 9.10. The summed E-state index contributed by atoms with van der Waals surface area (Å²) in [5.74, 6) is -0.243. The van der Waals surface area contributed by atoms with Crippen LogP contribution in [0.25, 0.3) is 0 Å². The molecular formula is C16H16BrClFN. The Kier molecular flexibility index (Phi) is 5.19. The van der Waals surface area contributed by atoms with Gasteiger partial charge in [0, 0.05) is 11.1 Å². The molecule has 0 radical (unpaired) electrons. The molecule has 0 aliphatic rings. The Morgan fingerprint density at radius 2 is 2.05 bits per heavy atom. The summed E-state index contributed by atoms with van der Waals surface area (Å²) in [5.41, 5.74) is 3.07. The van der Waals surface area contributed by atoms with E-state index in [1.54, 1.807) is 6.07 Å². The second-order valence-corrected chi connectivity index (χ2v) is 5.98. The zero-order valence-corrected chi connectivity index (χ0v) is 13.7. The largest absolute Gasteiger partial charge is 0.313 e. The van der Waals surface area contributed by atoms with E-state index in [9.17, 15) is 4.39 Å². The van der Waals surface area contributed by atoms with Crippen molar-refractivity contribution in [2.24, 2.45) is 0 Å². The van der Waals surface area contributed by atoms with Gasteiger partial charge >= 0.3 is 0 Å². The molecule has 0 saturated carbocycles. The Balaban J connectivity index is 2.31. The van der Waals surface area contributed by atoms with E-state index in [1.165, 1.54) is 6.07 Å². The van der Waals surface area contributed by atoms with Crippen LogP contribution in [-0.2, 0) is 6.42 Å². The molecule has 20 heavy (non-hydrogen) atoms. The average Bonchev–Trinajstić information content (AvgIpc) is 2.41. The maximum atomic E-state index is 13.6. The second-order valence-electron chi connectivity index (χ2n) is 4.78. The Hall–Kier alpha value is -0.900. The van der Waals surface area contributed by atoms with Gasteiger partial charge in [-0.25, -0.2) is 4.39 Å². The highest BCUT2D eigenvalue weighted by Gasteiger charge is 2.16. The molecule has 0 bridgehead atoms. The second kappa shape index (κ2) is 6.70. The predicted molar refractivity (Wildman–Crippen MR) is 85.8 cm³/mol. The van der Waals surface area contributed by atoms with Crippen LogP contribution >= 0.6 is 27.5 Å². The van der Waals surface area contributed by atoms with Crippen LogP contribution in [0.2, 0.25) is 5.02 Å². The molecular weight excluding hydrogens is 341 g/mol. The van der Waals surface area contributed by atoms with Crippen molar-refractivity contribution in [1.82, 2.24) is 5.32 Å². The monoisotopic (exact) mass is 355 g/mol. The zero-order valence-electron chi connectivity index (χ0n) is 11.4. The van der Waals surface area contributed by atoms with Gasteiger partial charge in [-0.15, -0.1) is 0 Å². The summed E-state index contributed by atoms with van der Waals surface area (Å²) in [4.78, 5) is 0. The van der Waals surface area contributed by atoms with Gasteiger partial charge in [-0.2, -0.15) is 0 Å². The van der Waals surface area contributed by atoms with Crippen molar-refractivity contribution in [2.45, 2.75) is 19.4 Å². The minimum atomic E-state index is -0.243. The number of likely N-dealkylation sites (N-methyl/N-ethyl adjacent to an activating group) is 1. The van der Waals surface area contributed by atoms with E-state index >= 15 is 0 Å². The maximum absolute atomic E-state index is 13.6. The molecule has 1 unspecified atom stereocenters. The summed E-state index contributed by atoms with van der Waals surface area (Å²) in [6.07, 6.45) is 0.664. The van der Waals surface area contributed by atoms with Gasteiger partial charge in [0.25, 0.3) is 0 Å². The van der Waals surface area contributed by atoms with Crippen molar-refractivity contribution in [3.8, 4) is 0 Å². The number of hydrogen-bond donors (Lipinski definition) is 1. The van der Waals surface area contributed by atoms with Crippen LogP contribution in [0.15, 0.2) is 40.9 Å². The van der Waals surface area contributed by atoms with Crippen LogP contribution in [0.5, 0.6) is 0 Å². The Morgan fingerprint density at radius 3 is 2.70 bits per heavy atom. The van der Waals surface area contributed by atoms with E-state index < -0.39 is 0 Å². The third kappa shape index (κ3) is 3.40. The molecule has 2 aromatic carbocycles. The van der Waals surface area contributed by atoms with Crippen molar-refractivity contribution in [3.63, 3.8) is 0 Å². The van der Waals surface area contributed by atoms with E-state index in [0.717, 1.165) is 21.7 Å². The van der Waals surface area contributed by atoms with Crippen LogP contribution in [0.3, 0.4) is 0 Å². The number of hydrogen-bond acceptors (Lipinski definition) is 1. The van der Waals surface area contributed by atoms with Crippen LogP contribution < -0.4 is 5.32 Å². The first-order valence-electron chi connectivity index (χ1n) is 6.39. The Bertz CT molecular complexity index is 615. The van der Waals surface area contributed by atoms with Crippen molar-refractivity contribution < 1.29 is 4.39 Å². The quantitative estimate of drug-likeness (QED) is 0.808. The first kappa shape index (κ1) is 15.5. The molecule has 2 aromatic rings. The molecule has 1 nitrogen and oxygen atoms in total. The lowest BCUT2D eigenvalue weighted by Gasteiger charge is -2.19. The molecule has 0 amide bonds. The van der Waals surface area contributed by atoms with Gasteiger partial charge in [-0.3, -0.25) is 0 Å². The Labute approximate surface area is 132 Å². The molecule has 0 aliphatic carbocycles. The van der Waals surface area contributed by atoms with E-state index in [2.05, 4.69) is 21.2 Å². The van der Waals surface area contributed by atoms with E-state index in [-0.39, 0.29) is 11.9 Å². The Morgan fingerprint density at radius 1 is 1.30 bits per heavy atom. The van der Waals surface area contributed by atoms with Crippen LogP contribution in [0, 0.1) is 12.7 Å². The van der Waals surface area contributed by atoms with Crippen LogP contribution in [0.4, 0.5) is 4.39 Å². The summed E-state index contributed by atoms with van der Waals surface area (Å²) in [6.45, 7) is 2.01. The standard InChI is InChI=1S/C16H16BrClFN/c1-10-6-7-12(13(18)8-10)15(20-2)9-11-4-3-5-14(19)16(11)17/h3-8,15,20H,9H2,1-2H3. The van der Waals surface area contributed by atoms with Crippen molar-refractivity contribution in [1.29, 1.82) is 0 Å². The lowest BCUT2D eigenvalue weighted by atomic mass is 9.98. The van der Waals surface area contributed by atoms with Gasteiger partial charge in [-0.1, -0.05) is 35.9 Å². The van der Waals surface area contributed by atoms with Crippen LogP contribution in [0.1, 0.15) is 22.7 Å². The molecule has 1 atom stereocenters. The molecule has 0 aliphatic heterocycles. The number of rotatable bonds is 4. The zero-order chi connectivity index (χ0) is 14.7. The van der Waals surface area contributed by atoms with Gasteiger partial charge in [0.05, 0.1) is 4.47 Å². The molecule has 0 aromatic heterocycles. The lowest BCUT2D eigenvalue weighted by molar-refractivity contribution is 0.580. The maximum Gasteiger partial charge on any atom is 0.137 e. The SMILES string of the molecule is CNC(Cc1cccc(F)c1Br)c1ccc(C)cc1Cl. The third-order valence-electron chi connectivity index (χ3n) is 3.34. The summed E-state index contributed by atoms with van der Waals surface area (Å²) < 4.78 is 14.1. The lowest BCUT2D eigenvalue weighted by Crippen LogP contribution is -2.19. The number of halogens is 3. The molecule has 106 valence electrons. The number of aryl methyl sites for hydroxylation is 1. The highest BCUT2D eigenvalue weighted by Crippen LogP contribution is 2.29. The highest BCUT2D eigenvalue weighted by atomic mass is 79.9. The fraction of sp³-hybridized carbons (Fsp3) is 0.250. The summed E-state index contributed by atoms with van der Waals surface area (Å²) in [5, 5.41) is 3.98. The van der Waals surface area contributed by atoms with Gasteiger partial charge in [0.2, 0.25) is 0 Å². The van der Waals surface area contributed by atoms with Gasteiger partial charge in [0.1, 0.15) is 5.82 Å².